The van der Waals surface area contributed by atoms with Crippen molar-refractivity contribution in [2.75, 3.05) is 0 Å². The van der Waals surface area contributed by atoms with Gasteiger partial charge in [-0.2, -0.15) is 0 Å². The number of nitrogens with zero attached hydrogens (tertiary/aromatic N) is 1. The maximum absolute atomic E-state index is 13.2. The molecule has 1 heterocycles. The van der Waals surface area contributed by atoms with E-state index in [0.717, 1.165) is 22.5 Å². The molecule has 3 N–H and O–H groups in total. The third-order valence-electron chi connectivity index (χ3n) is 5.69. The van der Waals surface area contributed by atoms with E-state index in [2.05, 4.69) is 15.6 Å². The molecule has 0 spiro atoms. The van der Waals surface area contributed by atoms with E-state index in [1.807, 2.05) is 45.0 Å². The number of thiazole rings is 1. The van der Waals surface area contributed by atoms with Gasteiger partial charge in [-0.3, -0.25) is 14.4 Å². The maximum atomic E-state index is 13.2. The fourth-order valence-electron chi connectivity index (χ4n) is 3.71. The van der Waals surface area contributed by atoms with E-state index in [0.29, 0.717) is 16.9 Å². The van der Waals surface area contributed by atoms with Crippen molar-refractivity contribution in [3.63, 3.8) is 0 Å². The van der Waals surface area contributed by atoms with Gasteiger partial charge in [-0.1, -0.05) is 48.9 Å². The van der Waals surface area contributed by atoms with Gasteiger partial charge in [-0.15, -0.1) is 11.3 Å². The minimum absolute atomic E-state index is 0.0796. The summed E-state index contributed by atoms with van der Waals surface area (Å²) in [6.07, 6.45) is 1.98. The number of carboxylic acid groups (broad SMARTS) is 1. The Morgan fingerprint density at radius 2 is 1.72 bits per heavy atom. The van der Waals surface area contributed by atoms with E-state index in [1.54, 1.807) is 12.1 Å². The number of carbonyl (C=O) groups is 3. The Labute approximate surface area is 213 Å². The van der Waals surface area contributed by atoms with E-state index >= 15 is 0 Å². The van der Waals surface area contributed by atoms with Crippen molar-refractivity contribution in [1.82, 2.24) is 15.6 Å². The van der Waals surface area contributed by atoms with Gasteiger partial charge in [0.2, 0.25) is 5.91 Å². The van der Waals surface area contributed by atoms with E-state index in [1.165, 1.54) is 25.3 Å². The minimum atomic E-state index is -1.07. The number of nitrogens with one attached hydrogen (secondary N) is 2. The average molecular weight is 512 g/mol. The summed E-state index contributed by atoms with van der Waals surface area (Å²) in [6.45, 7) is 7.24. The van der Waals surface area contributed by atoms with Gasteiger partial charge < -0.3 is 15.7 Å². The molecule has 0 saturated heterocycles. The van der Waals surface area contributed by atoms with Crippen LogP contribution in [0.15, 0.2) is 54.7 Å². The standard InChI is InChI=1S/C27H30FN3O4S/c1-16-5-7-18(8-6-16)14-27(3,4)31-23(32)21(13-17(2)26(34)35)30-24(33)25-29-15-22(36-25)19-9-11-20(28)12-10-19/h5-12,15,17,21H,13-14H2,1-4H3,(H,30,33)(H,31,32)(H,34,35). The normalized spacial score (nSPS) is 13.0. The lowest BCUT2D eigenvalue weighted by atomic mass is 9.93. The molecule has 2 amide bonds. The lowest BCUT2D eigenvalue weighted by Crippen LogP contribution is -2.54. The number of benzene rings is 2. The average Bonchev–Trinajstić information content (AvgIpc) is 3.30. The van der Waals surface area contributed by atoms with Crippen LogP contribution in [0.25, 0.3) is 10.4 Å². The van der Waals surface area contributed by atoms with Gasteiger partial charge in [-0.05, 0) is 56.9 Å². The summed E-state index contributed by atoms with van der Waals surface area (Å²) in [5.74, 6) is -3.33. The first kappa shape index (κ1) is 27.0. The van der Waals surface area contributed by atoms with Crippen LogP contribution in [-0.4, -0.2) is 39.5 Å². The third kappa shape index (κ3) is 7.45. The predicted molar refractivity (Wildman–Crippen MR) is 137 cm³/mol. The largest absolute Gasteiger partial charge is 0.481 e. The smallest absolute Gasteiger partial charge is 0.306 e. The lowest BCUT2D eigenvalue weighted by molar-refractivity contribution is -0.141. The second-order valence-electron chi connectivity index (χ2n) is 9.57. The van der Waals surface area contributed by atoms with Crippen LogP contribution in [0.4, 0.5) is 4.39 Å². The molecule has 0 bridgehead atoms. The second-order valence-corrected chi connectivity index (χ2v) is 10.6. The van der Waals surface area contributed by atoms with Crippen molar-refractivity contribution >= 4 is 29.1 Å². The third-order valence-corrected chi connectivity index (χ3v) is 6.73. The second kappa shape index (κ2) is 11.4. The number of halogens is 1. The van der Waals surface area contributed by atoms with Crippen molar-refractivity contribution in [3.8, 4) is 10.4 Å². The highest BCUT2D eigenvalue weighted by atomic mass is 32.1. The van der Waals surface area contributed by atoms with Crippen molar-refractivity contribution in [2.45, 2.75) is 52.1 Å². The van der Waals surface area contributed by atoms with Crippen molar-refractivity contribution < 1.29 is 23.9 Å². The van der Waals surface area contributed by atoms with Gasteiger partial charge in [-0.25, -0.2) is 9.37 Å². The van der Waals surface area contributed by atoms with E-state index < -0.39 is 35.3 Å². The van der Waals surface area contributed by atoms with Crippen LogP contribution in [0.2, 0.25) is 0 Å². The molecule has 2 aromatic carbocycles. The molecular weight excluding hydrogens is 481 g/mol. The molecule has 0 fully saturated rings. The molecule has 0 saturated carbocycles. The zero-order valence-electron chi connectivity index (χ0n) is 20.7. The fourth-order valence-corrected chi connectivity index (χ4v) is 4.54. The molecule has 2 atom stereocenters. The first-order chi connectivity index (χ1) is 16.9. The molecule has 0 aliphatic carbocycles. The summed E-state index contributed by atoms with van der Waals surface area (Å²) in [6, 6.07) is 12.7. The van der Waals surface area contributed by atoms with Gasteiger partial charge in [0, 0.05) is 11.7 Å². The quantitative estimate of drug-likeness (QED) is 0.369. The zero-order chi connectivity index (χ0) is 26.5. The highest BCUT2D eigenvalue weighted by Gasteiger charge is 2.31. The highest BCUT2D eigenvalue weighted by Crippen LogP contribution is 2.26. The molecule has 3 aromatic rings. The van der Waals surface area contributed by atoms with Gasteiger partial charge in [0.1, 0.15) is 11.9 Å². The molecule has 36 heavy (non-hydrogen) atoms. The van der Waals surface area contributed by atoms with Gasteiger partial charge in [0.05, 0.1) is 10.8 Å². The van der Waals surface area contributed by atoms with E-state index in [4.69, 9.17) is 0 Å². The topological polar surface area (TPSA) is 108 Å². The molecule has 9 heteroatoms. The van der Waals surface area contributed by atoms with E-state index in [9.17, 15) is 23.9 Å². The van der Waals surface area contributed by atoms with Gasteiger partial charge in [0.25, 0.3) is 5.91 Å². The van der Waals surface area contributed by atoms with Crippen LogP contribution < -0.4 is 10.6 Å². The Kier molecular flexibility index (Phi) is 8.57. The minimum Gasteiger partial charge on any atom is -0.481 e. The van der Waals surface area contributed by atoms with Crippen LogP contribution >= 0.6 is 11.3 Å². The first-order valence-corrected chi connectivity index (χ1v) is 12.4. The number of aryl methyl sites for hydroxylation is 1. The molecule has 2 unspecified atom stereocenters. The van der Waals surface area contributed by atoms with E-state index in [-0.39, 0.29) is 17.2 Å². The Bertz CT molecular complexity index is 1220. The maximum Gasteiger partial charge on any atom is 0.306 e. The Morgan fingerprint density at radius 1 is 1.08 bits per heavy atom. The predicted octanol–water partition coefficient (Wildman–Crippen LogP) is 4.60. The molecule has 7 nitrogen and oxygen atoms in total. The van der Waals surface area contributed by atoms with Crippen LogP contribution in [0.1, 0.15) is 48.1 Å². The number of aliphatic carboxylic acids is 1. The SMILES string of the molecule is Cc1ccc(CC(C)(C)NC(=O)C(CC(C)C(=O)O)NC(=O)c2ncc(-c3ccc(F)cc3)s2)cc1. The van der Waals surface area contributed by atoms with Gasteiger partial charge in [0.15, 0.2) is 5.01 Å². The Morgan fingerprint density at radius 3 is 2.33 bits per heavy atom. The summed E-state index contributed by atoms with van der Waals surface area (Å²) in [7, 11) is 0. The van der Waals surface area contributed by atoms with Crippen LogP contribution in [-0.2, 0) is 16.0 Å². The van der Waals surface area contributed by atoms with Crippen molar-refractivity contribution in [1.29, 1.82) is 0 Å². The molecule has 0 radical (unpaired) electrons. The van der Waals surface area contributed by atoms with Crippen LogP contribution in [0.3, 0.4) is 0 Å². The molecule has 0 aliphatic rings. The van der Waals surface area contributed by atoms with Crippen LogP contribution in [0, 0.1) is 18.7 Å². The number of rotatable bonds is 10. The summed E-state index contributed by atoms with van der Waals surface area (Å²) in [5, 5.41) is 15.1. The highest BCUT2D eigenvalue weighted by molar-refractivity contribution is 7.17. The molecule has 190 valence electrons. The molecule has 0 aliphatic heterocycles. The molecular formula is C27H30FN3O4S. The summed E-state index contributed by atoms with van der Waals surface area (Å²) < 4.78 is 13.2. The Balaban J connectivity index is 1.73. The Hall–Kier alpha value is -3.59. The lowest BCUT2D eigenvalue weighted by Gasteiger charge is -2.30. The summed E-state index contributed by atoms with van der Waals surface area (Å²) >= 11 is 1.10. The zero-order valence-corrected chi connectivity index (χ0v) is 21.5. The number of carboxylic acids is 1. The monoisotopic (exact) mass is 511 g/mol. The number of hydrogen-bond acceptors (Lipinski definition) is 5. The van der Waals surface area contributed by atoms with Crippen molar-refractivity contribution in [3.05, 3.63) is 76.7 Å². The number of hydrogen-bond donors (Lipinski definition) is 3. The summed E-state index contributed by atoms with van der Waals surface area (Å²) in [4.78, 5) is 42.4. The number of carbonyl (C=O) groups excluding carboxylic acids is 2. The number of amides is 2. The van der Waals surface area contributed by atoms with Crippen LogP contribution in [0.5, 0.6) is 0 Å². The molecule has 3 rings (SSSR count). The molecule has 1 aromatic heterocycles. The van der Waals surface area contributed by atoms with Gasteiger partial charge >= 0.3 is 5.97 Å². The first-order valence-electron chi connectivity index (χ1n) is 11.6. The fraction of sp³-hybridized carbons (Fsp3) is 0.333. The summed E-state index contributed by atoms with van der Waals surface area (Å²) in [5.41, 5.74) is 2.25. The van der Waals surface area contributed by atoms with Crippen molar-refractivity contribution in [2.24, 2.45) is 5.92 Å². The number of aromatic nitrogens is 1.